The van der Waals surface area contributed by atoms with Crippen molar-refractivity contribution in [3.63, 3.8) is 0 Å². The zero-order valence-corrected chi connectivity index (χ0v) is 13.9. The van der Waals surface area contributed by atoms with Crippen LogP contribution in [0, 0.1) is 5.92 Å². The highest BCUT2D eigenvalue weighted by Crippen LogP contribution is 2.12. The molecule has 1 aromatic carbocycles. The van der Waals surface area contributed by atoms with Gasteiger partial charge in [-0.3, -0.25) is 9.59 Å². The monoisotopic (exact) mass is 334 g/mol. The predicted molar refractivity (Wildman–Crippen MR) is 88.4 cm³/mol. The van der Waals surface area contributed by atoms with Crippen molar-refractivity contribution in [3.8, 4) is 0 Å². The molecule has 0 unspecified atom stereocenters. The quantitative estimate of drug-likeness (QED) is 0.551. The van der Waals surface area contributed by atoms with E-state index in [0.29, 0.717) is 18.4 Å². The van der Waals surface area contributed by atoms with Gasteiger partial charge in [-0.15, -0.1) is 0 Å². The Morgan fingerprint density at radius 2 is 1.50 bits per heavy atom. The molecule has 0 aliphatic rings. The number of aromatic carboxylic acids is 1. The summed E-state index contributed by atoms with van der Waals surface area (Å²) in [6.45, 7) is 4.18. The molecular formula is C18H22O6. The first-order valence-corrected chi connectivity index (χ1v) is 7.84. The molecule has 0 saturated heterocycles. The van der Waals surface area contributed by atoms with Crippen LogP contribution in [-0.4, -0.2) is 36.2 Å². The Labute approximate surface area is 141 Å². The molecule has 6 nitrogen and oxygen atoms in total. The molecule has 0 atom stereocenters. The third-order valence-corrected chi connectivity index (χ3v) is 3.04. The first-order valence-electron chi connectivity index (χ1n) is 7.84. The molecule has 6 heteroatoms. The second-order valence-electron chi connectivity index (χ2n) is 5.10. The number of ether oxygens (including phenoxy) is 2. The van der Waals surface area contributed by atoms with E-state index < -0.39 is 23.8 Å². The summed E-state index contributed by atoms with van der Waals surface area (Å²) in [6, 6.07) is 6.07. The third kappa shape index (κ3) is 6.24. The number of benzene rings is 1. The molecule has 0 amide bonds. The number of esters is 2. The fraction of sp³-hybridized carbons (Fsp3) is 0.389. The number of carboxylic acid groups (broad SMARTS) is 1. The van der Waals surface area contributed by atoms with Crippen LogP contribution in [-0.2, 0) is 19.1 Å². The summed E-state index contributed by atoms with van der Waals surface area (Å²) in [5.41, 5.74) is 0.824. The number of rotatable bonds is 9. The van der Waals surface area contributed by atoms with Crippen LogP contribution in [0.3, 0.4) is 0 Å². The number of carbonyl (C=O) groups excluding carboxylic acids is 2. The highest BCUT2D eigenvalue weighted by Gasteiger charge is 2.26. The van der Waals surface area contributed by atoms with Crippen LogP contribution in [0.4, 0.5) is 0 Å². The van der Waals surface area contributed by atoms with Crippen molar-refractivity contribution in [3.05, 3.63) is 41.5 Å². The lowest BCUT2D eigenvalue weighted by Crippen LogP contribution is -2.26. The normalized spacial score (nSPS) is 10.8. The fourth-order valence-corrected chi connectivity index (χ4v) is 1.78. The molecule has 130 valence electrons. The van der Waals surface area contributed by atoms with Gasteiger partial charge >= 0.3 is 17.9 Å². The van der Waals surface area contributed by atoms with Crippen LogP contribution in [0.15, 0.2) is 30.3 Å². The second-order valence-corrected chi connectivity index (χ2v) is 5.10. The maximum absolute atomic E-state index is 12.0. The van der Waals surface area contributed by atoms with Crippen molar-refractivity contribution in [2.24, 2.45) is 5.92 Å². The summed E-state index contributed by atoms with van der Waals surface area (Å²) in [5.74, 6) is -3.47. The van der Waals surface area contributed by atoms with Gasteiger partial charge < -0.3 is 14.6 Å². The van der Waals surface area contributed by atoms with E-state index in [1.807, 2.05) is 13.8 Å². The zero-order chi connectivity index (χ0) is 17.9. The van der Waals surface area contributed by atoms with Crippen molar-refractivity contribution in [2.45, 2.75) is 26.7 Å². The molecule has 0 aliphatic heterocycles. The molecule has 24 heavy (non-hydrogen) atoms. The van der Waals surface area contributed by atoms with Crippen LogP contribution >= 0.6 is 0 Å². The molecule has 0 radical (unpaired) electrons. The minimum atomic E-state index is -1.14. The summed E-state index contributed by atoms with van der Waals surface area (Å²) < 4.78 is 10.0. The second kappa shape index (κ2) is 10.2. The van der Waals surface area contributed by atoms with Gasteiger partial charge in [0.1, 0.15) is 0 Å². The fourth-order valence-electron chi connectivity index (χ4n) is 1.78. The molecule has 0 saturated carbocycles. The minimum Gasteiger partial charge on any atom is -0.478 e. The SMILES string of the molecule is CCCOC(=O)C(C=Cc1ccc(C(=O)O)cc1)C(=O)OCCC. The zero-order valence-electron chi connectivity index (χ0n) is 13.9. The van der Waals surface area contributed by atoms with Crippen LogP contribution in [0.1, 0.15) is 42.6 Å². The Morgan fingerprint density at radius 3 is 1.92 bits per heavy atom. The highest BCUT2D eigenvalue weighted by atomic mass is 16.6. The van der Waals surface area contributed by atoms with Crippen molar-refractivity contribution in [2.75, 3.05) is 13.2 Å². The van der Waals surface area contributed by atoms with Gasteiger partial charge in [-0.25, -0.2) is 4.79 Å². The predicted octanol–water partition coefficient (Wildman–Crippen LogP) is 2.92. The average molecular weight is 334 g/mol. The first kappa shape index (κ1) is 19.4. The van der Waals surface area contributed by atoms with Gasteiger partial charge in [-0.1, -0.05) is 38.1 Å². The first-order chi connectivity index (χ1) is 11.5. The molecule has 0 fully saturated rings. The van der Waals surface area contributed by atoms with E-state index in [-0.39, 0.29) is 18.8 Å². The number of carbonyl (C=O) groups is 3. The van der Waals surface area contributed by atoms with E-state index in [0.717, 1.165) is 0 Å². The summed E-state index contributed by atoms with van der Waals surface area (Å²) >= 11 is 0. The van der Waals surface area contributed by atoms with Gasteiger partial charge in [-0.2, -0.15) is 0 Å². The summed E-state index contributed by atoms with van der Waals surface area (Å²) in [7, 11) is 0. The Morgan fingerprint density at radius 1 is 1.00 bits per heavy atom. The van der Waals surface area contributed by atoms with Crippen LogP contribution in [0.2, 0.25) is 0 Å². The van der Waals surface area contributed by atoms with Gasteiger partial charge in [0, 0.05) is 0 Å². The lowest BCUT2D eigenvalue weighted by molar-refractivity contribution is -0.159. The van der Waals surface area contributed by atoms with E-state index in [2.05, 4.69) is 0 Å². The molecule has 0 heterocycles. The minimum absolute atomic E-state index is 0.161. The smallest absolute Gasteiger partial charge is 0.335 e. The van der Waals surface area contributed by atoms with Crippen LogP contribution in [0.5, 0.6) is 0 Å². The van der Waals surface area contributed by atoms with Crippen LogP contribution < -0.4 is 0 Å². The Hall–Kier alpha value is -2.63. The molecule has 1 N–H and O–H groups in total. The van der Waals surface area contributed by atoms with E-state index in [1.54, 1.807) is 18.2 Å². The molecule has 0 aromatic heterocycles. The largest absolute Gasteiger partial charge is 0.478 e. The van der Waals surface area contributed by atoms with E-state index >= 15 is 0 Å². The highest BCUT2D eigenvalue weighted by molar-refractivity contribution is 5.97. The molecule has 0 aliphatic carbocycles. The Kier molecular flexibility index (Phi) is 8.25. The Balaban J connectivity index is 2.87. The molecule has 1 aromatic rings. The molecule has 0 bridgehead atoms. The molecular weight excluding hydrogens is 312 g/mol. The summed E-state index contributed by atoms with van der Waals surface area (Å²) in [5, 5.41) is 8.86. The van der Waals surface area contributed by atoms with Crippen molar-refractivity contribution < 1.29 is 29.0 Å². The third-order valence-electron chi connectivity index (χ3n) is 3.04. The average Bonchev–Trinajstić information content (AvgIpc) is 2.58. The van der Waals surface area contributed by atoms with E-state index in [4.69, 9.17) is 14.6 Å². The number of carboxylic acids is 1. The van der Waals surface area contributed by atoms with Crippen LogP contribution in [0.25, 0.3) is 6.08 Å². The number of hydrogen-bond acceptors (Lipinski definition) is 5. The topological polar surface area (TPSA) is 89.9 Å². The maximum atomic E-state index is 12.0. The van der Waals surface area contributed by atoms with Crippen molar-refractivity contribution in [1.82, 2.24) is 0 Å². The van der Waals surface area contributed by atoms with Gasteiger partial charge in [0.05, 0.1) is 18.8 Å². The summed E-state index contributed by atoms with van der Waals surface area (Å²) in [6.07, 6.45) is 4.29. The van der Waals surface area contributed by atoms with Gasteiger partial charge in [0.15, 0.2) is 5.92 Å². The Bertz CT molecular complexity index is 568. The number of hydrogen-bond donors (Lipinski definition) is 1. The van der Waals surface area contributed by atoms with Gasteiger partial charge in [0.25, 0.3) is 0 Å². The molecule has 1 rings (SSSR count). The van der Waals surface area contributed by atoms with Gasteiger partial charge in [0.2, 0.25) is 0 Å². The van der Waals surface area contributed by atoms with Crippen molar-refractivity contribution in [1.29, 1.82) is 0 Å². The lowest BCUT2D eigenvalue weighted by atomic mass is 10.1. The van der Waals surface area contributed by atoms with Gasteiger partial charge in [-0.05, 0) is 30.5 Å². The van der Waals surface area contributed by atoms with E-state index in [9.17, 15) is 14.4 Å². The lowest BCUT2D eigenvalue weighted by Gasteiger charge is -2.11. The maximum Gasteiger partial charge on any atom is 0.335 e. The standard InChI is InChI=1S/C18H22O6/c1-3-11-23-17(21)15(18(22)24-12-4-2)10-7-13-5-8-14(9-6-13)16(19)20/h5-10,15H,3-4,11-12H2,1-2H3,(H,19,20). The summed E-state index contributed by atoms with van der Waals surface area (Å²) in [4.78, 5) is 34.9. The van der Waals surface area contributed by atoms with Crippen molar-refractivity contribution >= 4 is 24.0 Å². The van der Waals surface area contributed by atoms with E-state index in [1.165, 1.54) is 18.2 Å². The molecule has 0 spiro atoms.